The predicted molar refractivity (Wildman–Crippen MR) is 129 cm³/mol. The van der Waals surface area contributed by atoms with Gasteiger partial charge in [-0.2, -0.15) is 10.5 Å². The molecule has 0 unspecified atom stereocenters. The molecule has 6 heteroatoms. The largest absolute Gasteiger partial charge is 0.372 e. The highest BCUT2D eigenvalue weighted by Gasteiger charge is 2.31. The lowest BCUT2D eigenvalue weighted by Gasteiger charge is -2.30. The van der Waals surface area contributed by atoms with Crippen LogP contribution in [0.1, 0.15) is 71.3 Å². The molecular formula is C28H32N4O2. The van der Waals surface area contributed by atoms with Crippen LogP contribution in [0.4, 0.5) is 0 Å². The number of benzene rings is 2. The smallest absolute Gasteiger partial charge is 0.0991 e. The van der Waals surface area contributed by atoms with Crippen LogP contribution >= 0.6 is 0 Å². The Labute approximate surface area is 201 Å². The van der Waals surface area contributed by atoms with Gasteiger partial charge in [-0.25, -0.2) is 0 Å². The van der Waals surface area contributed by atoms with Gasteiger partial charge in [0.05, 0.1) is 48.7 Å². The van der Waals surface area contributed by atoms with E-state index in [1.54, 1.807) is 0 Å². The van der Waals surface area contributed by atoms with Crippen LogP contribution in [0.3, 0.4) is 0 Å². The fraction of sp³-hybridized carbons (Fsp3) is 0.500. The highest BCUT2D eigenvalue weighted by atomic mass is 16.5. The fourth-order valence-corrected chi connectivity index (χ4v) is 5.72. The van der Waals surface area contributed by atoms with Crippen molar-refractivity contribution in [1.29, 1.82) is 10.5 Å². The summed E-state index contributed by atoms with van der Waals surface area (Å²) in [6.45, 7) is 3.72. The maximum atomic E-state index is 8.92. The zero-order valence-corrected chi connectivity index (χ0v) is 19.6. The van der Waals surface area contributed by atoms with Gasteiger partial charge in [0, 0.05) is 12.1 Å². The quantitative estimate of drug-likeness (QED) is 0.714. The van der Waals surface area contributed by atoms with E-state index in [-0.39, 0.29) is 12.2 Å². The van der Waals surface area contributed by atoms with Gasteiger partial charge in [0.25, 0.3) is 0 Å². The van der Waals surface area contributed by atoms with Crippen LogP contribution < -0.4 is 10.6 Å². The van der Waals surface area contributed by atoms with Crippen LogP contribution in [0.5, 0.6) is 0 Å². The molecule has 6 rings (SSSR count). The van der Waals surface area contributed by atoms with Crippen LogP contribution in [0.25, 0.3) is 0 Å². The van der Waals surface area contributed by atoms with E-state index in [0.29, 0.717) is 12.1 Å². The van der Waals surface area contributed by atoms with Gasteiger partial charge in [-0.3, -0.25) is 0 Å². The summed E-state index contributed by atoms with van der Waals surface area (Å²) in [5.41, 5.74) is 6.62. The number of nitrogens with one attached hydrogen (secondary N) is 2. The normalized spacial score (nSPS) is 27.5. The van der Waals surface area contributed by atoms with Crippen molar-refractivity contribution in [2.24, 2.45) is 0 Å². The fourth-order valence-electron chi connectivity index (χ4n) is 5.72. The van der Waals surface area contributed by atoms with Crippen molar-refractivity contribution in [3.63, 3.8) is 0 Å². The Kier molecular flexibility index (Phi) is 7.23. The Balaban J connectivity index is 0.000000142. The van der Waals surface area contributed by atoms with Gasteiger partial charge in [0.1, 0.15) is 0 Å². The van der Waals surface area contributed by atoms with E-state index in [4.69, 9.17) is 20.0 Å². The number of rotatable bonds is 2. The van der Waals surface area contributed by atoms with Crippen molar-refractivity contribution in [2.75, 3.05) is 26.3 Å². The molecular weight excluding hydrogens is 424 g/mol. The molecule has 0 aromatic heterocycles. The molecule has 0 radical (unpaired) electrons. The Morgan fingerprint density at radius 1 is 0.706 bits per heavy atom. The number of hydrogen-bond donors (Lipinski definition) is 2. The minimum Gasteiger partial charge on any atom is -0.372 e. The van der Waals surface area contributed by atoms with E-state index in [1.807, 2.05) is 24.3 Å². The number of hydrogen-bond acceptors (Lipinski definition) is 6. The van der Waals surface area contributed by atoms with E-state index >= 15 is 0 Å². The summed E-state index contributed by atoms with van der Waals surface area (Å²) in [5, 5.41) is 24.9. The summed E-state index contributed by atoms with van der Waals surface area (Å²) in [5.74, 6) is 0. The average molecular weight is 457 g/mol. The maximum Gasteiger partial charge on any atom is 0.0991 e. The SMILES string of the molecule is N#Cc1ccc2c(c1)CCO[C@@H]2[C@H]1CCCN1.N#Cc1ccc2c(c1)CCO[C@H]2[C@H]1CCCN1. The molecule has 0 aliphatic carbocycles. The van der Waals surface area contributed by atoms with Crippen LogP contribution in [0, 0.1) is 22.7 Å². The highest BCUT2D eigenvalue weighted by molar-refractivity contribution is 5.42. The minimum absolute atomic E-state index is 0.175. The maximum absolute atomic E-state index is 8.92. The first-order valence-corrected chi connectivity index (χ1v) is 12.5. The molecule has 0 spiro atoms. The van der Waals surface area contributed by atoms with Crippen LogP contribution in [0.15, 0.2) is 36.4 Å². The molecule has 2 N–H and O–H groups in total. The van der Waals surface area contributed by atoms with E-state index in [2.05, 4.69) is 34.9 Å². The van der Waals surface area contributed by atoms with Crippen molar-refractivity contribution in [3.05, 3.63) is 69.8 Å². The number of nitriles is 2. The lowest BCUT2D eigenvalue weighted by atomic mass is 9.91. The van der Waals surface area contributed by atoms with Gasteiger partial charge in [-0.1, -0.05) is 12.1 Å². The minimum atomic E-state index is 0.175. The van der Waals surface area contributed by atoms with Crippen LogP contribution in [-0.2, 0) is 22.3 Å². The highest BCUT2D eigenvalue weighted by Crippen LogP contribution is 2.34. The summed E-state index contributed by atoms with van der Waals surface area (Å²) in [6, 6.07) is 17.3. The Bertz CT molecular complexity index is 1000. The Morgan fingerprint density at radius 2 is 1.18 bits per heavy atom. The van der Waals surface area contributed by atoms with Gasteiger partial charge in [0.2, 0.25) is 0 Å². The molecule has 4 heterocycles. The van der Waals surface area contributed by atoms with Crippen LogP contribution in [0.2, 0.25) is 0 Å². The van der Waals surface area contributed by atoms with E-state index in [1.165, 1.54) is 47.9 Å². The summed E-state index contributed by atoms with van der Waals surface area (Å²) in [6.07, 6.45) is 7.03. The third-order valence-corrected chi connectivity index (χ3v) is 7.42. The molecule has 0 bridgehead atoms. The second kappa shape index (κ2) is 10.7. The van der Waals surface area contributed by atoms with Gasteiger partial charge in [-0.15, -0.1) is 0 Å². The third-order valence-electron chi connectivity index (χ3n) is 7.42. The molecule has 34 heavy (non-hydrogen) atoms. The molecule has 0 saturated carbocycles. The van der Waals surface area contributed by atoms with Crippen molar-refractivity contribution in [3.8, 4) is 12.1 Å². The third kappa shape index (κ3) is 4.87. The lowest BCUT2D eigenvalue weighted by Crippen LogP contribution is -2.33. The van der Waals surface area contributed by atoms with Crippen molar-refractivity contribution >= 4 is 0 Å². The summed E-state index contributed by atoms with van der Waals surface area (Å²) in [7, 11) is 0. The average Bonchev–Trinajstić information content (AvgIpc) is 3.62. The first-order chi connectivity index (χ1) is 16.8. The zero-order chi connectivity index (χ0) is 23.3. The second-order valence-electron chi connectivity index (χ2n) is 9.54. The molecule has 2 saturated heterocycles. The van der Waals surface area contributed by atoms with Gasteiger partial charge in [-0.05, 0) is 98.1 Å². The zero-order valence-electron chi connectivity index (χ0n) is 19.6. The van der Waals surface area contributed by atoms with Gasteiger partial charge in [0.15, 0.2) is 0 Å². The number of fused-ring (bicyclic) bond motifs is 2. The molecule has 4 aliphatic rings. The first kappa shape index (κ1) is 23.0. The molecule has 2 aromatic carbocycles. The molecule has 176 valence electrons. The van der Waals surface area contributed by atoms with Crippen molar-refractivity contribution in [2.45, 2.75) is 62.8 Å². The standard InChI is InChI=1S/2C14H16N2O/c2*15-9-10-3-4-12-11(8-10)5-7-17-14(12)13-2-1-6-16-13/h2*3-4,8,13-14,16H,1-2,5-7H2/t13-,14+;13-,14-/m11/s1. The predicted octanol–water partition coefficient (Wildman–Crippen LogP) is 3.85. The molecule has 2 aromatic rings. The van der Waals surface area contributed by atoms with Crippen molar-refractivity contribution < 1.29 is 9.47 Å². The molecule has 4 atom stereocenters. The lowest BCUT2D eigenvalue weighted by molar-refractivity contribution is 0.0199. The Hall–Kier alpha value is -2.74. The topological polar surface area (TPSA) is 90.1 Å². The summed E-state index contributed by atoms with van der Waals surface area (Å²) in [4.78, 5) is 0. The van der Waals surface area contributed by atoms with E-state index in [0.717, 1.165) is 50.3 Å². The van der Waals surface area contributed by atoms with Gasteiger partial charge < -0.3 is 20.1 Å². The Morgan fingerprint density at radius 3 is 1.56 bits per heavy atom. The molecule has 0 amide bonds. The van der Waals surface area contributed by atoms with Crippen LogP contribution in [-0.4, -0.2) is 38.4 Å². The van der Waals surface area contributed by atoms with E-state index in [9.17, 15) is 0 Å². The molecule has 2 fully saturated rings. The van der Waals surface area contributed by atoms with E-state index < -0.39 is 0 Å². The number of nitrogens with zero attached hydrogens (tertiary/aromatic N) is 2. The second-order valence-corrected chi connectivity index (χ2v) is 9.54. The summed E-state index contributed by atoms with van der Waals surface area (Å²) < 4.78 is 11.8. The van der Waals surface area contributed by atoms with Crippen molar-refractivity contribution in [1.82, 2.24) is 10.6 Å². The molecule has 4 aliphatic heterocycles. The summed E-state index contributed by atoms with van der Waals surface area (Å²) >= 11 is 0. The monoisotopic (exact) mass is 456 g/mol. The molecule has 6 nitrogen and oxygen atoms in total. The van der Waals surface area contributed by atoms with Gasteiger partial charge >= 0.3 is 0 Å². The number of ether oxygens (including phenoxy) is 2. The first-order valence-electron chi connectivity index (χ1n) is 12.5.